The Morgan fingerprint density at radius 2 is 1.55 bits per heavy atom. The Hall–Kier alpha value is -2.63. The zero-order valence-electron chi connectivity index (χ0n) is 13.1. The van der Waals surface area contributed by atoms with Crippen molar-refractivity contribution < 1.29 is 19.5 Å². The van der Waals surface area contributed by atoms with E-state index in [-0.39, 0.29) is 23.9 Å². The summed E-state index contributed by atoms with van der Waals surface area (Å²) in [5, 5.41) is 14.4. The number of nitrogens with one attached hydrogen (secondary N) is 2. The Balaban J connectivity index is 2.92. The Labute approximate surface area is 129 Å². The molecule has 0 saturated heterocycles. The summed E-state index contributed by atoms with van der Waals surface area (Å²) < 4.78 is 0. The predicted octanol–water partition coefficient (Wildman–Crippen LogP) is 2.62. The molecule has 6 heteroatoms. The van der Waals surface area contributed by atoms with Crippen LogP contribution in [0.4, 0.5) is 11.4 Å². The number of ketones is 1. The van der Waals surface area contributed by atoms with Gasteiger partial charge in [-0.25, -0.2) is 0 Å². The number of aryl methyl sites for hydroxylation is 2. The maximum Gasteiger partial charge on any atom is 0.251 e. The summed E-state index contributed by atoms with van der Waals surface area (Å²) in [7, 11) is 0. The van der Waals surface area contributed by atoms with E-state index in [9.17, 15) is 14.4 Å². The summed E-state index contributed by atoms with van der Waals surface area (Å²) in [6.07, 6.45) is 0.912. The summed E-state index contributed by atoms with van der Waals surface area (Å²) in [6, 6.07) is 3.44. The molecule has 0 atom stereocenters. The molecule has 0 aliphatic heterocycles. The lowest BCUT2D eigenvalue weighted by atomic mass is 10.1. The van der Waals surface area contributed by atoms with Gasteiger partial charge in [0.2, 0.25) is 5.91 Å². The molecule has 1 rings (SSSR count). The number of amides is 2. The highest BCUT2D eigenvalue weighted by Crippen LogP contribution is 2.24. The van der Waals surface area contributed by atoms with Crippen LogP contribution in [0.2, 0.25) is 0 Å². The van der Waals surface area contributed by atoms with Gasteiger partial charge in [0.1, 0.15) is 5.78 Å². The molecule has 2 amide bonds. The van der Waals surface area contributed by atoms with Gasteiger partial charge in [-0.3, -0.25) is 14.4 Å². The highest BCUT2D eigenvalue weighted by atomic mass is 16.3. The number of Topliss-reactive ketones (excluding diaryl/α,β-unsaturated/α-hetero) is 1. The van der Waals surface area contributed by atoms with Gasteiger partial charge in [0.25, 0.3) is 5.91 Å². The zero-order valence-corrected chi connectivity index (χ0v) is 13.1. The van der Waals surface area contributed by atoms with Crippen molar-refractivity contribution in [1.82, 2.24) is 0 Å². The summed E-state index contributed by atoms with van der Waals surface area (Å²) in [5.41, 5.74) is 2.68. The molecule has 0 spiro atoms. The summed E-state index contributed by atoms with van der Waals surface area (Å²) >= 11 is 0. The van der Waals surface area contributed by atoms with Crippen LogP contribution < -0.4 is 10.6 Å². The second-order valence-electron chi connectivity index (χ2n) is 5.18. The molecule has 3 N–H and O–H groups in total. The number of carbonyl (C=O) groups excluding carboxylic acids is 3. The van der Waals surface area contributed by atoms with Crippen LogP contribution >= 0.6 is 0 Å². The average molecular weight is 304 g/mol. The maximum atomic E-state index is 11.6. The van der Waals surface area contributed by atoms with E-state index in [1.165, 1.54) is 13.8 Å². The van der Waals surface area contributed by atoms with Crippen LogP contribution in [-0.4, -0.2) is 22.7 Å². The molecule has 0 radical (unpaired) electrons. The van der Waals surface area contributed by atoms with Crippen molar-refractivity contribution in [2.45, 2.75) is 34.1 Å². The van der Waals surface area contributed by atoms with E-state index in [1.807, 2.05) is 0 Å². The largest absolute Gasteiger partial charge is 0.512 e. The normalized spacial score (nSPS) is 11.0. The summed E-state index contributed by atoms with van der Waals surface area (Å²) in [5.74, 6) is -1.09. The minimum Gasteiger partial charge on any atom is -0.512 e. The van der Waals surface area contributed by atoms with Crippen molar-refractivity contribution in [3.63, 3.8) is 0 Å². The van der Waals surface area contributed by atoms with Crippen molar-refractivity contribution in [3.05, 3.63) is 35.1 Å². The van der Waals surface area contributed by atoms with E-state index in [2.05, 4.69) is 10.6 Å². The van der Waals surface area contributed by atoms with Crippen molar-refractivity contribution >= 4 is 29.0 Å². The highest BCUT2D eigenvalue weighted by Gasteiger charge is 2.10. The van der Waals surface area contributed by atoms with Crippen LogP contribution in [-0.2, 0) is 14.4 Å². The van der Waals surface area contributed by atoms with Crippen LogP contribution in [0.5, 0.6) is 0 Å². The Morgan fingerprint density at radius 1 is 1.05 bits per heavy atom. The molecule has 1 aromatic carbocycles. The molecule has 22 heavy (non-hydrogen) atoms. The van der Waals surface area contributed by atoms with Gasteiger partial charge >= 0.3 is 0 Å². The molecule has 6 nitrogen and oxygen atoms in total. The third-order valence-corrected chi connectivity index (χ3v) is 2.85. The minimum absolute atomic E-state index is 0.0833. The van der Waals surface area contributed by atoms with Gasteiger partial charge in [-0.1, -0.05) is 0 Å². The fourth-order valence-electron chi connectivity index (χ4n) is 1.86. The Bertz CT molecular complexity index is 644. The number of aliphatic hydroxyl groups excluding tert-OH is 1. The monoisotopic (exact) mass is 304 g/mol. The van der Waals surface area contributed by atoms with Crippen LogP contribution in [0, 0.1) is 13.8 Å². The third-order valence-electron chi connectivity index (χ3n) is 2.85. The van der Waals surface area contributed by atoms with Gasteiger partial charge in [-0.2, -0.15) is 0 Å². The number of hydrogen-bond donors (Lipinski definition) is 3. The second-order valence-corrected chi connectivity index (χ2v) is 5.18. The van der Waals surface area contributed by atoms with Crippen LogP contribution in [0.3, 0.4) is 0 Å². The van der Waals surface area contributed by atoms with Gasteiger partial charge < -0.3 is 15.7 Å². The smallest absolute Gasteiger partial charge is 0.251 e. The molecule has 0 aromatic heterocycles. The van der Waals surface area contributed by atoms with Gasteiger partial charge in [-0.15, -0.1) is 0 Å². The summed E-state index contributed by atoms with van der Waals surface area (Å²) in [4.78, 5) is 34.2. The number of aliphatic hydroxyl groups is 1. The van der Waals surface area contributed by atoms with E-state index in [0.717, 1.165) is 17.2 Å². The predicted molar refractivity (Wildman–Crippen MR) is 84.9 cm³/mol. The lowest BCUT2D eigenvalue weighted by Gasteiger charge is -2.13. The van der Waals surface area contributed by atoms with Crippen LogP contribution in [0.1, 0.15) is 31.4 Å². The van der Waals surface area contributed by atoms with Gasteiger partial charge in [0, 0.05) is 17.5 Å². The Morgan fingerprint density at radius 3 is 2.00 bits per heavy atom. The number of benzene rings is 1. The second kappa shape index (κ2) is 7.40. The lowest BCUT2D eigenvalue weighted by Crippen LogP contribution is -2.16. The maximum absolute atomic E-state index is 11.6. The van der Waals surface area contributed by atoms with E-state index >= 15 is 0 Å². The molecule has 0 fully saturated rings. The average Bonchev–Trinajstić information content (AvgIpc) is 2.33. The highest BCUT2D eigenvalue weighted by molar-refractivity contribution is 6.04. The van der Waals surface area contributed by atoms with E-state index in [4.69, 9.17) is 5.11 Å². The van der Waals surface area contributed by atoms with Gasteiger partial charge in [0.05, 0.1) is 12.2 Å². The first-order valence-electron chi connectivity index (χ1n) is 6.78. The number of allylic oxidation sites excluding steroid dienone is 1. The lowest BCUT2D eigenvalue weighted by molar-refractivity contribution is -0.124. The molecule has 0 aliphatic carbocycles. The van der Waals surface area contributed by atoms with Crippen molar-refractivity contribution in [3.8, 4) is 0 Å². The zero-order chi connectivity index (χ0) is 16.9. The molecule has 0 saturated carbocycles. The first-order chi connectivity index (χ1) is 10.2. The van der Waals surface area contributed by atoms with Gasteiger partial charge in [0.15, 0.2) is 0 Å². The summed E-state index contributed by atoms with van der Waals surface area (Å²) in [6.45, 7) is 6.33. The fourth-order valence-corrected chi connectivity index (χ4v) is 1.86. The van der Waals surface area contributed by atoms with E-state index in [0.29, 0.717) is 11.4 Å². The van der Waals surface area contributed by atoms with E-state index < -0.39 is 5.91 Å². The molecule has 0 heterocycles. The number of carbonyl (C=O) groups is 3. The standard InChI is InChI=1S/C16H20N2O4/c1-9-5-14(18-16(22)8-12(4)20)10(2)6-13(9)17-15(21)7-11(3)19/h5-7,19H,8H2,1-4H3,(H,17,21)(H,18,22)/b11-7-. The van der Waals surface area contributed by atoms with Crippen molar-refractivity contribution in [2.75, 3.05) is 10.6 Å². The van der Waals surface area contributed by atoms with Crippen LogP contribution in [0.15, 0.2) is 24.0 Å². The number of hydrogen-bond acceptors (Lipinski definition) is 4. The molecular weight excluding hydrogens is 284 g/mol. The molecule has 0 bridgehead atoms. The van der Waals surface area contributed by atoms with Crippen molar-refractivity contribution in [2.24, 2.45) is 0 Å². The molecular formula is C16H20N2O4. The Kier molecular flexibility index (Phi) is 5.86. The molecule has 0 unspecified atom stereocenters. The molecule has 1 aromatic rings. The fraction of sp³-hybridized carbons (Fsp3) is 0.312. The first kappa shape index (κ1) is 17.4. The van der Waals surface area contributed by atoms with Crippen molar-refractivity contribution in [1.29, 1.82) is 0 Å². The number of rotatable bonds is 5. The third kappa shape index (κ3) is 5.40. The topological polar surface area (TPSA) is 95.5 Å². The van der Waals surface area contributed by atoms with Gasteiger partial charge in [-0.05, 0) is 51.0 Å². The molecule has 118 valence electrons. The van der Waals surface area contributed by atoms with Crippen LogP contribution in [0.25, 0.3) is 0 Å². The minimum atomic E-state index is -0.434. The van der Waals surface area contributed by atoms with E-state index in [1.54, 1.807) is 26.0 Å². The SMILES string of the molecule is CC(=O)CC(=O)Nc1cc(C)c(NC(=O)/C=C(/C)O)cc1C. The molecule has 0 aliphatic rings. The number of anilines is 2. The quantitative estimate of drug-likeness (QED) is 0.442. The first-order valence-corrected chi connectivity index (χ1v) is 6.78.